The van der Waals surface area contributed by atoms with Crippen molar-refractivity contribution in [1.29, 1.82) is 0 Å². The average Bonchev–Trinajstić information content (AvgIpc) is 3.37. The smallest absolute Gasteiger partial charge is 0.308 e. The number of halogens is 1. The van der Waals surface area contributed by atoms with Gasteiger partial charge in [0.15, 0.2) is 4.87 Å². The molecular weight excluding hydrogens is 449 g/mol. The highest BCUT2D eigenvalue weighted by Gasteiger charge is 2.59. The lowest BCUT2D eigenvalue weighted by atomic mass is 10.0. The second kappa shape index (κ2) is 8.80. The van der Waals surface area contributed by atoms with Gasteiger partial charge in [0.05, 0.1) is 12.2 Å². The first-order valence-electron chi connectivity index (χ1n) is 11.4. The monoisotopic (exact) mass is 475 g/mol. The van der Waals surface area contributed by atoms with Gasteiger partial charge >= 0.3 is 6.03 Å². The van der Waals surface area contributed by atoms with Gasteiger partial charge in [-0.2, -0.15) is 0 Å². The van der Waals surface area contributed by atoms with Crippen molar-refractivity contribution in [1.82, 2.24) is 4.90 Å². The van der Waals surface area contributed by atoms with E-state index in [4.69, 9.17) is 0 Å². The van der Waals surface area contributed by atoms with E-state index in [9.17, 15) is 14.0 Å². The zero-order chi connectivity index (χ0) is 23.9. The predicted octanol–water partition coefficient (Wildman–Crippen LogP) is 5.93. The van der Waals surface area contributed by atoms with Crippen LogP contribution in [0.2, 0.25) is 0 Å². The van der Waals surface area contributed by atoms with Crippen LogP contribution in [0.5, 0.6) is 0 Å². The summed E-state index contributed by atoms with van der Waals surface area (Å²) in [6.07, 6.45) is 0. The number of anilines is 2. The summed E-state index contributed by atoms with van der Waals surface area (Å²) < 4.78 is 14.4. The third-order valence-corrected chi connectivity index (χ3v) is 7.83. The van der Waals surface area contributed by atoms with Crippen LogP contribution in [0.25, 0.3) is 0 Å². The molecule has 1 spiro atoms. The topological polar surface area (TPSA) is 52.7 Å². The zero-order valence-electron chi connectivity index (χ0n) is 19.1. The Morgan fingerprint density at radius 2 is 1.82 bits per heavy atom. The molecule has 1 fully saturated rings. The molecular formula is C27H26FN3O2S. The van der Waals surface area contributed by atoms with Crippen LogP contribution in [0.15, 0.2) is 72.8 Å². The standard InChI is InChI=1S/C27H26FN3O2S/c1-18(2)20-8-11-22(12-9-20)29-26(33)31-14-15-34-27(31)23-16-21(28)10-13-24(23)30(25(27)32)17-19-6-4-3-5-7-19/h3-13,16,18H,14-15,17H2,1-2H3,(H,29,33). The lowest BCUT2D eigenvalue weighted by Crippen LogP contribution is -2.51. The van der Waals surface area contributed by atoms with E-state index >= 15 is 0 Å². The van der Waals surface area contributed by atoms with E-state index in [0.29, 0.717) is 41.7 Å². The van der Waals surface area contributed by atoms with Gasteiger partial charge in [-0.15, -0.1) is 11.8 Å². The Morgan fingerprint density at radius 3 is 2.53 bits per heavy atom. The number of hydrogen-bond donors (Lipinski definition) is 1. The summed E-state index contributed by atoms with van der Waals surface area (Å²) in [7, 11) is 0. The van der Waals surface area contributed by atoms with Crippen LogP contribution in [0.3, 0.4) is 0 Å². The molecule has 7 heteroatoms. The molecule has 2 aliphatic rings. The molecule has 2 heterocycles. The molecule has 0 radical (unpaired) electrons. The second-order valence-corrected chi connectivity index (χ2v) is 10.2. The maximum absolute atomic E-state index is 14.4. The number of carbonyl (C=O) groups excluding carboxylic acids is 2. The molecule has 3 amide bonds. The zero-order valence-corrected chi connectivity index (χ0v) is 19.9. The fourth-order valence-corrected chi connectivity index (χ4v) is 6.10. The van der Waals surface area contributed by atoms with Gasteiger partial charge in [0.2, 0.25) is 0 Å². The lowest BCUT2D eigenvalue weighted by Gasteiger charge is -2.33. The number of hydrogen-bond acceptors (Lipinski definition) is 3. The maximum atomic E-state index is 14.4. The summed E-state index contributed by atoms with van der Waals surface area (Å²) >= 11 is 1.39. The first-order chi connectivity index (χ1) is 16.4. The molecule has 0 aromatic heterocycles. The van der Waals surface area contributed by atoms with Crippen molar-refractivity contribution in [2.45, 2.75) is 31.2 Å². The van der Waals surface area contributed by atoms with Crippen molar-refractivity contribution in [3.05, 3.63) is 95.3 Å². The van der Waals surface area contributed by atoms with Crippen molar-refractivity contribution >= 4 is 35.1 Å². The predicted molar refractivity (Wildman–Crippen MR) is 134 cm³/mol. The molecule has 0 saturated carbocycles. The fourth-order valence-electron chi connectivity index (χ4n) is 4.65. The molecule has 2 aliphatic heterocycles. The first kappa shape index (κ1) is 22.5. The van der Waals surface area contributed by atoms with E-state index in [1.54, 1.807) is 15.9 Å². The van der Waals surface area contributed by atoms with E-state index < -0.39 is 10.7 Å². The number of nitrogens with one attached hydrogen (secondary N) is 1. The number of urea groups is 1. The van der Waals surface area contributed by atoms with Crippen LogP contribution in [0, 0.1) is 5.82 Å². The number of carbonyl (C=O) groups is 2. The largest absolute Gasteiger partial charge is 0.323 e. The minimum absolute atomic E-state index is 0.218. The third-order valence-electron chi connectivity index (χ3n) is 6.41. The summed E-state index contributed by atoms with van der Waals surface area (Å²) in [5, 5.41) is 2.94. The number of nitrogens with zero attached hydrogens (tertiary/aromatic N) is 2. The molecule has 174 valence electrons. The van der Waals surface area contributed by atoms with Crippen LogP contribution in [-0.2, 0) is 16.2 Å². The average molecular weight is 476 g/mol. The number of amides is 3. The van der Waals surface area contributed by atoms with Crippen LogP contribution >= 0.6 is 11.8 Å². The van der Waals surface area contributed by atoms with Gasteiger partial charge in [0, 0.05) is 23.5 Å². The Morgan fingerprint density at radius 1 is 1.09 bits per heavy atom. The molecule has 5 nitrogen and oxygen atoms in total. The minimum atomic E-state index is -1.28. The summed E-state index contributed by atoms with van der Waals surface area (Å²) in [6, 6.07) is 21.4. The molecule has 1 saturated heterocycles. The van der Waals surface area contributed by atoms with Crippen LogP contribution in [0.4, 0.5) is 20.6 Å². The summed E-state index contributed by atoms with van der Waals surface area (Å²) in [6.45, 7) is 4.97. The van der Waals surface area contributed by atoms with Crippen LogP contribution < -0.4 is 10.2 Å². The minimum Gasteiger partial charge on any atom is -0.308 e. The highest BCUT2D eigenvalue weighted by Crippen LogP contribution is 2.54. The third kappa shape index (κ3) is 3.74. The van der Waals surface area contributed by atoms with Crippen molar-refractivity contribution in [3.8, 4) is 0 Å². The van der Waals surface area contributed by atoms with Gasteiger partial charge in [-0.05, 0) is 47.4 Å². The maximum Gasteiger partial charge on any atom is 0.323 e. The molecule has 34 heavy (non-hydrogen) atoms. The Bertz CT molecular complexity index is 1230. The molecule has 1 N–H and O–H groups in total. The number of benzene rings is 3. The molecule has 1 unspecified atom stereocenters. The SMILES string of the molecule is CC(C)c1ccc(NC(=O)N2CCSC23C(=O)N(Cc2ccccc2)c2ccc(F)cc23)cc1. The van der Waals surface area contributed by atoms with Gasteiger partial charge in [-0.3, -0.25) is 9.69 Å². The van der Waals surface area contributed by atoms with Crippen LogP contribution in [0.1, 0.15) is 36.5 Å². The van der Waals surface area contributed by atoms with E-state index in [1.165, 1.54) is 29.5 Å². The Labute approximate surface area is 202 Å². The Hall–Kier alpha value is -3.32. The number of rotatable bonds is 4. The molecule has 0 aliphatic carbocycles. The van der Waals surface area contributed by atoms with E-state index in [0.717, 1.165) is 5.56 Å². The Balaban J connectivity index is 1.49. The second-order valence-electron chi connectivity index (χ2n) is 8.89. The molecule has 5 rings (SSSR count). The van der Waals surface area contributed by atoms with Crippen molar-refractivity contribution in [2.75, 3.05) is 22.5 Å². The summed E-state index contributed by atoms with van der Waals surface area (Å²) in [5.74, 6) is 0.330. The highest BCUT2D eigenvalue weighted by atomic mass is 32.2. The van der Waals surface area contributed by atoms with Gasteiger partial charge in [-0.1, -0.05) is 56.3 Å². The number of fused-ring (bicyclic) bond motifs is 2. The molecule has 0 bridgehead atoms. The van der Waals surface area contributed by atoms with Crippen molar-refractivity contribution in [2.24, 2.45) is 0 Å². The first-order valence-corrected chi connectivity index (χ1v) is 12.4. The molecule has 3 aromatic rings. The van der Waals surface area contributed by atoms with E-state index in [2.05, 4.69) is 19.2 Å². The quantitative estimate of drug-likeness (QED) is 0.509. The number of thioether (sulfide) groups is 1. The normalized spacial score (nSPS) is 19.2. The fraction of sp³-hybridized carbons (Fsp3) is 0.259. The summed E-state index contributed by atoms with van der Waals surface area (Å²) in [5.41, 5.74) is 3.98. The van der Waals surface area contributed by atoms with E-state index in [1.807, 2.05) is 54.6 Å². The summed E-state index contributed by atoms with van der Waals surface area (Å²) in [4.78, 5) is 29.3. The van der Waals surface area contributed by atoms with Crippen LogP contribution in [-0.4, -0.2) is 29.1 Å². The van der Waals surface area contributed by atoms with Gasteiger partial charge < -0.3 is 10.2 Å². The van der Waals surface area contributed by atoms with E-state index in [-0.39, 0.29) is 11.9 Å². The Kier molecular flexibility index (Phi) is 5.81. The van der Waals surface area contributed by atoms with Gasteiger partial charge in [0.1, 0.15) is 5.82 Å². The van der Waals surface area contributed by atoms with Gasteiger partial charge in [0.25, 0.3) is 5.91 Å². The highest BCUT2D eigenvalue weighted by molar-refractivity contribution is 8.01. The van der Waals surface area contributed by atoms with Crippen molar-refractivity contribution < 1.29 is 14.0 Å². The van der Waals surface area contributed by atoms with Gasteiger partial charge in [-0.25, -0.2) is 9.18 Å². The molecule has 1 atom stereocenters. The lowest BCUT2D eigenvalue weighted by molar-refractivity contribution is -0.123. The van der Waals surface area contributed by atoms with Crippen molar-refractivity contribution in [3.63, 3.8) is 0 Å². The molecule has 3 aromatic carbocycles.